The Kier molecular flexibility index (Phi) is 8.28. The van der Waals surface area contributed by atoms with Crippen molar-refractivity contribution in [2.45, 2.75) is 5.92 Å². The number of benzene rings is 10. The zero-order valence-corrected chi connectivity index (χ0v) is 33.3. The maximum Gasteiger partial charge on any atom is 0.143 e. The summed E-state index contributed by atoms with van der Waals surface area (Å²) in [6, 6.07) is 80.8. The van der Waals surface area contributed by atoms with Gasteiger partial charge in [0.25, 0.3) is 0 Å². The molecular weight excluding hydrogens is 741 g/mol. The number of para-hydroxylation sites is 4. The summed E-state index contributed by atoms with van der Waals surface area (Å²) in [7, 11) is 0. The lowest BCUT2D eigenvalue weighted by Crippen LogP contribution is -2.05. The minimum Gasteiger partial charge on any atom is -0.455 e. The Balaban J connectivity index is 1.05. The van der Waals surface area contributed by atoms with Crippen LogP contribution in [-0.2, 0) is 0 Å². The largest absolute Gasteiger partial charge is 0.455 e. The summed E-state index contributed by atoms with van der Waals surface area (Å²) in [6.07, 6.45) is 0. The fraction of sp³-hybridized carbons (Fsp3) is 0.0169. The average Bonchev–Trinajstić information content (AvgIpc) is 3.91. The Labute approximate surface area is 353 Å². The van der Waals surface area contributed by atoms with Crippen molar-refractivity contribution in [3.05, 3.63) is 241 Å². The van der Waals surface area contributed by atoms with Crippen molar-refractivity contribution in [2.24, 2.45) is 0 Å². The predicted molar refractivity (Wildman–Crippen MR) is 254 cm³/mol. The smallest absolute Gasteiger partial charge is 0.143 e. The highest BCUT2D eigenvalue weighted by atomic mass is 16.3. The maximum absolute atomic E-state index is 6.57. The van der Waals surface area contributed by atoms with Gasteiger partial charge in [-0.05, 0) is 73.0 Å². The van der Waals surface area contributed by atoms with Gasteiger partial charge in [-0.15, -0.1) is 0 Å². The van der Waals surface area contributed by atoms with Crippen molar-refractivity contribution in [3.8, 4) is 44.5 Å². The van der Waals surface area contributed by atoms with E-state index in [0.29, 0.717) is 0 Å². The molecule has 2 nitrogen and oxygen atoms in total. The van der Waals surface area contributed by atoms with Crippen LogP contribution in [0.15, 0.2) is 233 Å². The van der Waals surface area contributed by atoms with Gasteiger partial charge >= 0.3 is 0 Å². The topological polar surface area (TPSA) is 26.3 Å². The molecule has 0 aliphatic carbocycles. The molecule has 0 N–H and O–H groups in total. The molecule has 0 aliphatic heterocycles. The van der Waals surface area contributed by atoms with Crippen LogP contribution in [0.2, 0.25) is 0 Å². The maximum atomic E-state index is 6.57. The lowest BCUT2D eigenvalue weighted by molar-refractivity contribution is 0.669. The third kappa shape index (κ3) is 5.95. The summed E-state index contributed by atoms with van der Waals surface area (Å²) in [5.74, 6) is -0.0935. The van der Waals surface area contributed by atoms with Gasteiger partial charge in [-0.2, -0.15) is 0 Å². The summed E-state index contributed by atoms with van der Waals surface area (Å²) >= 11 is 0. The van der Waals surface area contributed by atoms with Crippen molar-refractivity contribution in [3.63, 3.8) is 0 Å². The van der Waals surface area contributed by atoms with Gasteiger partial charge in [-0.3, -0.25) is 0 Å². The van der Waals surface area contributed by atoms with Gasteiger partial charge in [0.05, 0.1) is 0 Å². The zero-order chi connectivity index (χ0) is 40.3. The summed E-state index contributed by atoms with van der Waals surface area (Å²) < 4.78 is 13.1. The molecule has 0 atom stereocenters. The molecule has 0 bridgehead atoms. The van der Waals surface area contributed by atoms with Crippen LogP contribution < -0.4 is 0 Å². The van der Waals surface area contributed by atoms with Gasteiger partial charge in [-0.1, -0.05) is 212 Å². The molecule has 0 saturated heterocycles. The first kappa shape index (κ1) is 35.0. The minimum atomic E-state index is -0.0935. The van der Waals surface area contributed by atoms with Crippen LogP contribution in [-0.4, -0.2) is 0 Å². The molecule has 2 heterocycles. The normalized spacial score (nSPS) is 11.8. The molecule has 2 aromatic heterocycles. The van der Waals surface area contributed by atoms with Crippen molar-refractivity contribution in [1.29, 1.82) is 0 Å². The van der Waals surface area contributed by atoms with Crippen molar-refractivity contribution in [1.82, 2.24) is 0 Å². The fourth-order valence-corrected chi connectivity index (χ4v) is 9.57. The number of furan rings is 2. The van der Waals surface area contributed by atoms with E-state index in [1.807, 2.05) is 12.1 Å². The molecule has 286 valence electrons. The van der Waals surface area contributed by atoms with E-state index in [4.69, 9.17) is 8.83 Å². The van der Waals surface area contributed by atoms with E-state index in [1.165, 1.54) is 49.7 Å². The Morgan fingerprint density at radius 2 is 0.705 bits per heavy atom. The number of hydrogen-bond donors (Lipinski definition) is 0. The lowest BCUT2D eigenvalue weighted by Gasteiger charge is -2.23. The highest BCUT2D eigenvalue weighted by Crippen LogP contribution is 2.44. The van der Waals surface area contributed by atoms with Gasteiger partial charge in [0.1, 0.15) is 22.3 Å². The zero-order valence-electron chi connectivity index (χ0n) is 33.3. The van der Waals surface area contributed by atoms with Gasteiger partial charge < -0.3 is 8.83 Å². The second-order valence-electron chi connectivity index (χ2n) is 15.9. The standard InChI is InChI=1S/C59H38O2/c1-2-14-38(15-3-1)39-30-32-40(33-31-39)45-34-35-52(49-21-5-4-20-48(45)49)57(43-18-10-16-41(36-43)46-24-12-26-53-50-22-6-8-28-55(50)60-58(46)53)44-19-11-17-42(37-44)47-25-13-27-54-51-23-7-9-29-56(51)61-59(47)54/h1-37,57H. The number of hydrogen-bond acceptors (Lipinski definition) is 2. The second kappa shape index (κ2) is 14.4. The highest BCUT2D eigenvalue weighted by molar-refractivity contribution is 6.10. The lowest BCUT2D eigenvalue weighted by atomic mass is 9.80. The fourth-order valence-electron chi connectivity index (χ4n) is 9.57. The van der Waals surface area contributed by atoms with Crippen LogP contribution in [0.3, 0.4) is 0 Å². The van der Waals surface area contributed by atoms with Crippen LogP contribution in [0, 0.1) is 0 Å². The van der Waals surface area contributed by atoms with Crippen LogP contribution in [0.5, 0.6) is 0 Å². The molecule has 61 heavy (non-hydrogen) atoms. The molecule has 0 aliphatic rings. The van der Waals surface area contributed by atoms with Gasteiger partial charge in [0.15, 0.2) is 0 Å². The first-order valence-electron chi connectivity index (χ1n) is 20.9. The van der Waals surface area contributed by atoms with Crippen molar-refractivity contribution in [2.75, 3.05) is 0 Å². The van der Waals surface area contributed by atoms with Crippen molar-refractivity contribution < 1.29 is 8.83 Å². The van der Waals surface area contributed by atoms with Crippen LogP contribution in [0.25, 0.3) is 99.2 Å². The quantitative estimate of drug-likeness (QED) is 0.151. The van der Waals surface area contributed by atoms with E-state index in [9.17, 15) is 0 Å². The molecule has 0 saturated carbocycles. The van der Waals surface area contributed by atoms with E-state index in [0.717, 1.165) is 66.1 Å². The van der Waals surface area contributed by atoms with E-state index in [2.05, 4.69) is 212 Å². The van der Waals surface area contributed by atoms with Crippen LogP contribution >= 0.6 is 0 Å². The SMILES string of the molecule is c1ccc(-c2ccc(-c3ccc(C(c4cccc(-c5cccc6c5oc5ccccc56)c4)c4cccc(-c5cccc6c5oc5ccccc56)c4)c4ccccc34)cc2)cc1. The Bertz CT molecular complexity index is 3430. The predicted octanol–water partition coefficient (Wildman–Crippen LogP) is 16.5. The van der Waals surface area contributed by atoms with Crippen LogP contribution in [0.1, 0.15) is 22.6 Å². The second-order valence-corrected chi connectivity index (χ2v) is 15.9. The summed E-state index contributed by atoms with van der Waals surface area (Å²) in [5, 5.41) is 6.97. The highest BCUT2D eigenvalue weighted by Gasteiger charge is 2.23. The Hall–Kier alpha value is -7.94. The third-order valence-corrected chi connectivity index (χ3v) is 12.4. The van der Waals surface area contributed by atoms with E-state index < -0.39 is 0 Å². The Morgan fingerprint density at radius 3 is 1.30 bits per heavy atom. The summed E-state index contributed by atoms with van der Waals surface area (Å²) in [6.45, 7) is 0. The molecule has 0 fully saturated rings. The first-order valence-corrected chi connectivity index (χ1v) is 20.9. The molecule has 0 unspecified atom stereocenters. The third-order valence-electron chi connectivity index (χ3n) is 12.4. The minimum absolute atomic E-state index is 0.0935. The van der Waals surface area contributed by atoms with Gasteiger partial charge in [0.2, 0.25) is 0 Å². The van der Waals surface area contributed by atoms with Crippen LogP contribution in [0.4, 0.5) is 0 Å². The molecule has 12 aromatic rings. The van der Waals surface area contributed by atoms with Crippen molar-refractivity contribution >= 4 is 54.6 Å². The monoisotopic (exact) mass is 778 g/mol. The molecule has 0 radical (unpaired) electrons. The number of rotatable bonds is 7. The molecule has 0 amide bonds. The number of fused-ring (bicyclic) bond motifs is 7. The van der Waals surface area contributed by atoms with E-state index in [1.54, 1.807) is 0 Å². The summed E-state index contributed by atoms with van der Waals surface area (Å²) in [5.41, 5.74) is 16.5. The molecule has 0 spiro atoms. The van der Waals surface area contributed by atoms with Gasteiger partial charge in [0, 0.05) is 38.6 Å². The van der Waals surface area contributed by atoms with E-state index in [-0.39, 0.29) is 5.92 Å². The Morgan fingerprint density at radius 1 is 0.262 bits per heavy atom. The van der Waals surface area contributed by atoms with E-state index >= 15 is 0 Å². The average molecular weight is 779 g/mol. The molecule has 2 heteroatoms. The first-order chi connectivity index (χ1) is 30.2. The van der Waals surface area contributed by atoms with Gasteiger partial charge in [-0.25, -0.2) is 0 Å². The molecule has 12 rings (SSSR count). The molecule has 10 aromatic carbocycles. The summed E-state index contributed by atoms with van der Waals surface area (Å²) in [4.78, 5) is 0. The molecular formula is C59H38O2.